The van der Waals surface area contributed by atoms with Crippen LogP contribution in [0.1, 0.15) is 12.5 Å². The van der Waals surface area contributed by atoms with Crippen LogP contribution in [0.3, 0.4) is 0 Å². The number of rotatable bonds is 4. The lowest BCUT2D eigenvalue weighted by Gasteiger charge is -2.11. The van der Waals surface area contributed by atoms with Gasteiger partial charge in [-0.05, 0) is 24.6 Å². The molecule has 0 saturated carbocycles. The minimum absolute atomic E-state index is 0.101. The van der Waals surface area contributed by atoms with E-state index in [0.29, 0.717) is 18.0 Å². The van der Waals surface area contributed by atoms with Crippen LogP contribution in [0.15, 0.2) is 18.2 Å². The van der Waals surface area contributed by atoms with Crippen LogP contribution in [0.25, 0.3) is 0 Å². The zero-order valence-corrected chi connectivity index (χ0v) is 9.45. The Kier molecular flexibility index (Phi) is 3.10. The highest BCUT2D eigenvalue weighted by Crippen LogP contribution is 2.26. The number of amides is 1. The Bertz CT molecular complexity index is 399. The summed E-state index contributed by atoms with van der Waals surface area (Å²) in [6.07, 6.45) is 0.214. The number of ether oxygens (including phenoxy) is 2. The Labute approximate surface area is 94.6 Å². The lowest BCUT2D eigenvalue weighted by Crippen LogP contribution is -2.10. The molecule has 1 aliphatic heterocycles. The third kappa shape index (κ3) is 2.97. The molecule has 1 N–H and O–H groups in total. The lowest BCUT2D eigenvalue weighted by molar-refractivity contribution is -0.114. The molecule has 1 fully saturated rings. The molecule has 0 aromatic heterocycles. The van der Waals surface area contributed by atoms with Crippen molar-refractivity contribution in [1.29, 1.82) is 0 Å². The highest BCUT2D eigenvalue weighted by atomic mass is 16.6. The first-order valence-corrected chi connectivity index (χ1v) is 5.28. The average molecular weight is 221 g/mol. The van der Waals surface area contributed by atoms with Gasteiger partial charge in [-0.15, -0.1) is 0 Å². The Balaban J connectivity index is 2.10. The second-order valence-electron chi connectivity index (χ2n) is 3.95. The smallest absolute Gasteiger partial charge is 0.221 e. The first-order valence-electron chi connectivity index (χ1n) is 5.28. The van der Waals surface area contributed by atoms with Crippen LogP contribution in [-0.4, -0.2) is 25.2 Å². The van der Waals surface area contributed by atoms with Gasteiger partial charge in [0.25, 0.3) is 0 Å². The molecule has 1 heterocycles. The van der Waals surface area contributed by atoms with Crippen LogP contribution in [0.5, 0.6) is 5.75 Å². The lowest BCUT2D eigenvalue weighted by atomic mass is 10.2. The third-order valence-electron chi connectivity index (χ3n) is 2.27. The van der Waals surface area contributed by atoms with Crippen LogP contribution >= 0.6 is 0 Å². The number of benzene rings is 1. The Morgan fingerprint density at radius 2 is 2.38 bits per heavy atom. The predicted octanol–water partition coefficient (Wildman–Crippen LogP) is 1.73. The van der Waals surface area contributed by atoms with Gasteiger partial charge in [-0.25, -0.2) is 0 Å². The largest absolute Gasteiger partial charge is 0.489 e. The normalized spacial score (nSPS) is 18.0. The zero-order chi connectivity index (χ0) is 11.5. The van der Waals surface area contributed by atoms with Gasteiger partial charge in [-0.1, -0.05) is 6.07 Å². The van der Waals surface area contributed by atoms with Crippen molar-refractivity contribution in [3.8, 4) is 5.75 Å². The van der Waals surface area contributed by atoms with E-state index in [1.807, 2.05) is 25.1 Å². The van der Waals surface area contributed by atoms with Crippen LogP contribution in [-0.2, 0) is 9.53 Å². The van der Waals surface area contributed by atoms with Crippen LogP contribution in [0.4, 0.5) is 5.69 Å². The highest BCUT2D eigenvalue weighted by Gasteiger charge is 2.23. The standard InChI is InChI=1S/C12H15NO3/c1-8-3-4-11(13-9(2)14)12(5-8)16-7-10-6-15-10/h3-5,10H,6-7H2,1-2H3,(H,13,14). The first-order chi connectivity index (χ1) is 7.65. The molecule has 1 aromatic rings. The molecule has 1 saturated heterocycles. The monoisotopic (exact) mass is 221 g/mol. The average Bonchev–Trinajstić information content (AvgIpc) is 3.01. The third-order valence-corrected chi connectivity index (χ3v) is 2.27. The van der Waals surface area contributed by atoms with Crippen molar-refractivity contribution in [2.45, 2.75) is 20.0 Å². The Morgan fingerprint density at radius 3 is 3.00 bits per heavy atom. The molecule has 4 nitrogen and oxygen atoms in total. The highest BCUT2D eigenvalue weighted by molar-refractivity contribution is 5.90. The van der Waals surface area contributed by atoms with Gasteiger partial charge in [-0.3, -0.25) is 4.79 Å². The summed E-state index contributed by atoms with van der Waals surface area (Å²) in [5.74, 6) is 0.599. The summed E-state index contributed by atoms with van der Waals surface area (Å²) in [7, 11) is 0. The fraction of sp³-hybridized carbons (Fsp3) is 0.417. The molecule has 2 rings (SSSR count). The van der Waals surface area contributed by atoms with E-state index < -0.39 is 0 Å². The van der Waals surface area contributed by atoms with Crippen LogP contribution in [0.2, 0.25) is 0 Å². The molecule has 1 amide bonds. The number of hydrogen-bond acceptors (Lipinski definition) is 3. The van der Waals surface area contributed by atoms with Gasteiger partial charge in [-0.2, -0.15) is 0 Å². The van der Waals surface area contributed by atoms with Crippen molar-refractivity contribution < 1.29 is 14.3 Å². The minimum Gasteiger partial charge on any atom is -0.489 e. The molecule has 0 radical (unpaired) electrons. The molecular formula is C12H15NO3. The molecular weight excluding hydrogens is 206 g/mol. The molecule has 4 heteroatoms. The number of anilines is 1. The number of aryl methyl sites for hydroxylation is 1. The van der Waals surface area contributed by atoms with E-state index in [1.54, 1.807) is 0 Å². The maximum atomic E-state index is 11.0. The van der Waals surface area contributed by atoms with Crippen LogP contribution in [0, 0.1) is 6.92 Å². The SMILES string of the molecule is CC(=O)Nc1ccc(C)cc1OCC1CO1. The summed E-state index contributed by atoms with van der Waals surface area (Å²) in [5.41, 5.74) is 1.81. The fourth-order valence-electron chi connectivity index (χ4n) is 1.39. The summed E-state index contributed by atoms with van der Waals surface area (Å²) in [5, 5.41) is 2.74. The van der Waals surface area contributed by atoms with Crippen molar-refractivity contribution in [3.05, 3.63) is 23.8 Å². The van der Waals surface area contributed by atoms with Crippen molar-refractivity contribution in [2.24, 2.45) is 0 Å². The maximum Gasteiger partial charge on any atom is 0.221 e. The quantitative estimate of drug-likeness (QED) is 0.788. The van der Waals surface area contributed by atoms with Crippen molar-refractivity contribution in [2.75, 3.05) is 18.5 Å². The number of epoxide rings is 1. The topological polar surface area (TPSA) is 50.9 Å². The zero-order valence-electron chi connectivity index (χ0n) is 9.45. The molecule has 0 aliphatic carbocycles. The summed E-state index contributed by atoms with van der Waals surface area (Å²) >= 11 is 0. The summed E-state index contributed by atoms with van der Waals surface area (Å²) in [4.78, 5) is 11.0. The van der Waals surface area contributed by atoms with E-state index in [9.17, 15) is 4.79 Å². The molecule has 0 spiro atoms. The van der Waals surface area contributed by atoms with E-state index in [0.717, 1.165) is 12.2 Å². The molecule has 1 aromatic carbocycles. The Hall–Kier alpha value is -1.55. The van der Waals surface area contributed by atoms with Crippen molar-refractivity contribution >= 4 is 11.6 Å². The molecule has 1 unspecified atom stereocenters. The Morgan fingerprint density at radius 1 is 1.62 bits per heavy atom. The van der Waals surface area contributed by atoms with Gasteiger partial charge in [0.1, 0.15) is 18.5 Å². The van der Waals surface area contributed by atoms with Gasteiger partial charge in [0.15, 0.2) is 0 Å². The number of carbonyl (C=O) groups is 1. The second kappa shape index (κ2) is 4.53. The first kappa shape index (κ1) is 11.0. The maximum absolute atomic E-state index is 11.0. The molecule has 16 heavy (non-hydrogen) atoms. The fourth-order valence-corrected chi connectivity index (χ4v) is 1.39. The van der Waals surface area contributed by atoms with E-state index in [-0.39, 0.29) is 12.0 Å². The van der Waals surface area contributed by atoms with E-state index in [1.165, 1.54) is 6.92 Å². The predicted molar refractivity (Wildman–Crippen MR) is 60.7 cm³/mol. The summed E-state index contributed by atoms with van der Waals surface area (Å²) in [6.45, 7) is 4.77. The number of carbonyl (C=O) groups excluding carboxylic acids is 1. The van der Waals surface area contributed by atoms with E-state index in [4.69, 9.17) is 9.47 Å². The molecule has 1 atom stereocenters. The summed E-state index contributed by atoms with van der Waals surface area (Å²) in [6, 6.07) is 5.69. The second-order valence-corrected chi connectivity index (χ2v) is 3.95. The van der Waals surface area contributed by atoms with Crippen molar-refractivity contribution in [1.82, 2.24) is 0 Å². The minimum atomic E-state index is -0.101. The molecule has 0 bridgehead atoms. The number of nitrogens with one attached hydrogen (secondary N) is 1. The van der Waals surface area contributed by atoms with E-state index >= 15 is 0 Å². The van der Waals surface area contributed by atoms with Gasteiger partial charge in [0, 0.05) is 6.92 Å². The molecule has 86 valence electrons. The van der Waals surface area contributed by atoms with Gasteiger partial charge < -0.3 is 14.8 Å². The number of hydrogen-bond donors (Lipinski definition) is 1. The van der Waals surface area contributed by atoms with Gasteiger partial charge in [0.2, 0.25) is 5.91 Å². The van der Waals surface area contributed by atoms with E-state index in [2.05, 4.69) is 5.32 Å². The summed E-state index contributed by atoms with van der Waals surface area (Å²) < 4.78 is 10.7. The van der Waals surface area contributed by atoms with Crippen LogP contribution < -0.4 is 10.1 Å². The van der Waals surface area contributed by atoms with Gasteiger partial charge >= 0.3 is 0 Å². The van der Waals surface area contributed by atoms with Crippen molar-refractivity contribution in [3.63, 3.8) is 0 Å². The van der Waals surface area contributed by atoms with Gasteiger partial charge in [0.05, 0.1) is 12.3 Å². The molecule has 1 aliphatic rings.